The monoisotopic (exact) mass is 341 g/mol. The number of benzene rings is 1. The van der Waals surface area contributed by atoms with E-state index in [1.807, 2.05) is 12.1 Å². The van der Waals surface area contributed by atoms with E-state index < -0.39 is 5.97 Å². The number of hydrogen-bond acceptors (Lipinski definition) is 3. The van der Waals surface area contributed by atoms with Crippen molar-refractivity contribution in [3.63, 3.8) is 0 Å². The van der Waals surface area contributed by atoms with Gasteiger partial charge in [0.05, 0.1) is 0 Å². The molecule has 0 radical (unpaired) electrons. The number of aromatic nitrogens is 1. The molecule has 1 N–H and O–H groups in total. The fourth-order valence-corrected chi connectivity index (χ4v) is 1.62. The van der Waals surface area contributed by atoms with Crippen LogP contribution in [0.1, 0.15) is 10.5 Å². The molecule has 17 heavy (non-hydrogen) atoms. The first kappa shape index (κ1) is 11.8. The van der Waals surface area contributed by atoms with Gasteiger partial charge in [0, 0.05) is 9.77 Å². The zero-order valence-corrected chi connectivity index (χ0v) is 10.8. The van der Waals surface area contributed by atoms with Gasteiger partial charge in [-0.25, -0.2) is 9.78 Å². The van der Waals surface area contributed by atoms with Crippen LogP contribution in [0.25, 0.3) is 0 Å². The Labute approximate surface area is 111 Å². The maximum Gasteiger partial charge on any atom is 0.358 e. The van der Waals surface area contributed by atoms with Gasteiger partial charge in [-0.2, -0.15) is 0 Å². The summed E-state index contributed by atoms with van der Waals surface area (Å²) in [4.78, 5) is 14.7. The van der Waals surface area contributed by atoms with Crippen molar-refractivity contribution in [2.75, 3.05) is 0 Å². The number of nitrogens with zero attached hydrogens (tertiary/aromatic N) is 1. The zero-order valence-electron chi connectivity index (χ0n) is 8.63. The van der Waals surface area contributed by atoms with Crippen molar-refractivity contribution in [1.82, 2.24) is 4.98 Å². The molecule has 4 nitrogen and oxygen atoms in total. The third-order valence-corrected chi connectivity index (χ3v) is 2.73. The molecule has 0 spiro atoms. The van der Waals surface area contributed by atoms with Gasteiger partial charge < -0.3 is 9.84 Å². The van der Waals surface area contributed by atoms with Crippen LogP contribution in [-0.2, 0) is 0 Å². The number of ether oxygens (including phenoxy) is 1. The van der Waals surface area contributed by atoms with Crippen LogP contribution in [0.4, 0.5) is 0 Å². The number of hydrogen-bond donors (Lipinski definition) is 1. The highest BCUT2D eigenvalue weighted by Crippen LogP contribution is 2.24. The van der Waals surface area contributed by atoms with Gasteiger partial charge >= 0.3 is 5.97 Å². The van der Waals surface area contributed by atoms with Gasteiger partial charge in [-0.05, 0) is 59.0 Å². The lowest BCUT2D eigenvalue weighted by molar-refractivity contribution is 0.0687. The van der Waals surface area contributed by atoms with Crippen molar-refractivity contribution in [3.8, 4) is 11.5 Å². The molecule has 0 atom stereocenters. The van der Waals surface area contributed by atoms with E-state index in [4.69, 9.17) is 9.84 Å². The lowest BCUT2D eigenvalue weighted by atomic mass is 10.3. The highest BCUT2D eigenvalue weighted by atomic mass is 127. The van der Waals surface area contributed by atoms with Crippen LogP contribution in [0.2, 0.25) is 0 Å². The van der Waals surface area contributed by atoms with Gasteiger partial charge in [0.25, 0.3) is 0 Å². The van der Waals surface area contributed by atoms with Crippen LogP contribution in [-0.4, -0.2) is 16.1 Å². The first-order valence-corrected chi connectivity index (χ1v) is 5.86. The number of carboxylic acid groups (broad SMARTS) is 1. The van der Waals surface area contributed by atoms with E-state index in [9.17, 15) is 4.79 Å². The van der Waals surface area contributed by atoms with E-state index in [-0.39, 0.29) is 11.4 Å². The number of rotatable bonds is 3. The molecule has 0 aliphatic carbocycles. The zero-order chi connectivity index (χ0) is 12.3. The normalized spacial score (nSPS) is 9.94. The molecule has 0 aliphatic heterocycles. The third kappa shape index (κ3) is 2.94. The quantitative estimate of drug-likeness (QED) is 0.872. The Morgan fingerprint density at radius 2 is 1.94 bits per heavy atom. The summed E-state index contributed by atoms with van der Waals surface area (Å²) in [5.41, 5.74) is -0.0916. The minimum absolute atomic E-state index is 0.0916. The summed E-state index contributed by atoms with van der Waals surface area (Å²) < 4.78 is 6.56. The molecule has 86 valence electrons. The van der Waals surface area contributed by atoms with Crippen molar-refractivity contribution < 1.29 is 14.6 Å². The van der Waals surface area contributed by atoms with Crippen LogP contribution in [0.3, 0.4) is 0 Å². The number of carbonyl (C=O) groups is 1. The summed E-state index contributed by atoms with van der Waals surface area (Å²) in [5.74, 6) is -0.284. The van der Waals surface area contributed by atoms with Crippen LogP contribution in [0.5, 0.6) is 11.5 Å². The minimum atomic E-state index is -1.11. The van der Waals surface area contributed by atoms with E-state index in [1.54, 1.807) is 24.3 Å². The van der Waals surface area contributed by atoms with Crippen molar-refractivity contribution in [2.45, 2.75) is 0 Å². The van der Waals surface area contributed by atoms with Crippen LogP contribution in [0.15, 0.2) is 42.6 Å². The molecule has 0 bridgehead atoms. The Morgan fingerprint density at radius 1 is 1.24 bits per heavy atom. The summed E-state index contributed by atoms with van der Waals surface area (Å²) in [5, 5.41) is 8.94. The highest BCUT2D eigenvalue weighted by Gasteiger charge is 2.12. The molecule has 0 aliphatic rings. The van der Waals surface area contributed by atoms with Gasteiger partial charge in [-0.1, -0.05) is 0 Å². The molecular weight excluding hydrogens is 333 g/mol. The molecule has 0 saturated heterocycles. The second-order valence-corrected chi connectivity index (χ2v) is 4.46. The topological polar surface area (TPSA) is 59.4 Å². The average Bonchev–Trinajstić information content (AvgIpc) is 2.32. The van der Waals surface area contributed by atoms with E-state index >= 15 is 0 Å². The highest BCUT2D eigenvalue weighted by molar-refractivity contribution is 14.1. The van der Waals surface area contributed by atoms with Crippen molar-refractivity contribution >= 4 is 28.6 Å². The Morgan fingerprint density at radius 3 is 2.59 bits per heavy atom. The van der Waals surface area contributed by atoms with E-state index in [2.05, 4.69) is 27.6 Å². The maximum absolute atomic E-state index is 10.9. The predicted octanol–water partition coefficient (Wildman–Crippen LogP) is 3.18. The average molecular weight is 341 g/mol. The summed E-state index contributed by atoms with van der Waals surface area (Å²) in [6.45, 7) is 0. The maximum atomic E-state index is 10.9. The van der Waals surface area contributed by atoms with Crippen LogP contribution >= 0.6 is 22.6 Å². The fraction of sp³-hybridized carbons (Fsp3) is 0. The summed E-state index contributed by atoms with van der Waals surface area (Å²) in [6, 6.07) is 10.5. The van der Waals surface area contributed by atoms with E-state index in [0.717, 1.165) is 3.57 Å². The lowest BCUT2D eigenvalue weighted by Gasteiger charge is -2.07. The predicted molar refractivity (Wildman–Crippen MR) is 70.4 cm³/mol. The van der Waals surface area contributed by atoms with E-state index in [0.29, 0.717) is 5.75 Å². The number of pyridine rings is 1. The molecule has 0 fully saturated rings. The molecular formula is C12H8INO3. The van der Waals surface area contributed by atoms with Gasteiger partial charge in [-0.3, -0.25) is 0 Å². The number of aromatic carboxylic acids is 1. The number of halogens is 1. The standard InChI is InChI=1S/C12H8INO3/c13-8-3-5-9(6-4-8)17-10-2-1-7-14-11(10)12(15)16/h1-7H,(H,15,16). The SMILES string of the molecule is O=C(O)c1ncccc1Oc1ccc(I)cc1. The van der Waals surface area contributed by atoms with Crippen LogP contribution < -0.4 is 4.74 Å². The van der Waals surface area contributed by atoms with Crippen molar-refractivity contribution in [3.05, 3.63) is 51.9 Å². The molecule has 5 heteroatoms. The Bertz CT molecular complexity index is 540. The van der Waals surface area contributed by atoms with Gasteiger partial charge in [0.2, 0.25) is 0 Å². The number of carboxylic acids is 1. The fourth-order valence-electron chi connectivity index (χ4n) is 1.26. The molecule has 2 aromatic rings. The summed E-state index contributed by atoms with van der Waals surface area (Å²) >= 11 is 2.18. The van der Waals surface area contributed by atoms with Crippen molar-refractivity contribution in [1.29, 1.82) is 0 Å². The smallest absolute Gasteiger partial charge is 0.358 e. The van der Waals surface area contributed by atoms with Crippen LogP contribution in [0, 0.1) is 3.57 Å². The third-order valence-electron chi connectivity index (χ3n) is 2.01. The van der Waals surface area contributed by atoms with E-state index in [1.165, 1.54) is 6.20 Å². The molecule has 0 saturated carbocycles. The van der Waals surface area contributed by atoms with Gasteiger partial charge in [0.1, 0.15) is 5.75 Å². The van der Waals surface area contributed by atoms with Gasteiger partial charge in [-0.15, -0.1) is 0 Å². The molecule has 1 aromatic carbocycles. The Hall–Kier alpha value is -1.63. The Balaban J connectivity index is 2.30. The largest absolute Gasteiger partial charge is 0.476 e. The Kier molecular flexibility index (Phi) is 3.58. The second-order valence-electron chi connectivity index (χ2n) is 3.21. The molecule has 0 unspecified atom stereocenters. The molecule has 1 aromatic heterocycles. The minimum Gasteiger partial charge on any atom is -0.476 e. The first-order chi connectivity index (χ1) is 8.16. The first-order valence-electron chi connectivity index (χ1n) is 4.78. The molecule has 2 rings (SSSR count). The molecule has 1 heterocycles. The second kappa shape index (κ2) is 5.13. The summed E-state index contributed by atoms with van der Waals surface area (Å²) in [7, 11) is 0. The molecule has 0 amide bonds. The van der Waals surface area contributed by atoms with Gasteiger partial charge in [0.15, 0.2) is 11.4 Å². The van der Waals surface area contributed by atoms with Crippen molar-refractivity contribution in [2.24, 2.45) is 0 Å². The lowest BCUT2D eigenvalue weighted by Crippen LogP contribution is -2.02. The summed E-state index contributed by atoms with van der Waals surface area (Å²) in [6.07, 6.45) is 1.42.